The summed E-state index contributed by atoms with van der Waals surface area (Å²) in [6.07, 6.45) is 2.96. The molecule has 1 N–H and O–H groups in total. The Morgan fingerprint density at radius 1 is 1.27 bits per heavy atom. The number of alkyl halides is 2. The molecule has 8 heteroatoms. The van der Waals surface area contributed by atoms with Gasteiger partial charge >= 0.3 is 6.61 Å². The van der Waals surface area contributed by atoms with Gasteiger partial charge in [-0.1, -0.05) is 17.7 Å². The average molecular weight is 330 g/mol. The minimum Gasteiger partial charge on any atom is -0.490 e. The smallest absolute Gasteiger partial charge is 0.387 e. The first-order valence-corrected chi connectivity index (χ1v) is 6.88. The molecule has 0 amide bonds. The maximum Gasteiger partial charge on any atom is 0.387 e. The van der Waals surface area contributed by atoms with Crippen LogP contribution in [0.1, 0.15) is 12.5 Å². The Bertz CT molecular complexity index is 629. The molecule has 5 nitrogen and oxygen atoms in total. The van der Waals surface area contributed by atoms with E-state index in [2.05, 4.69) is 20.0 Å². The zero-order valence-electron chi connectivity index (χ0n) is 11.7. The summed E-state index contributed by atoms with van der Waals surface area (Å²) in [6, 6.07) is 4.73. The number of nitrogens with one attached hydrogen (secondary N) is 1. The van der Waals surface area contributed by atoms with Crippen molar-refractivity contribution in [2.45, 2.75) is 20.1 Å². The summed E-state index contributed by atoms with van der Waals surface area (Å²) in [5.74, 6) is 0.779. The Labute approximate surface area is 131 Å². The van der Waals surface area contributed by atoms with Gasteiger partial charge in [-0.05, 0) is 24.6 Å². The van der Waals surface area contributed by atoms with Crippen molar-refractivity contribution < 1.29 is 18.3 Å². The summed E-state index contributed by atoms with van der Waals surface area (Å²) in [5, 5.41) is 3.31. The zero-order chi connectivity index (χ0) is 15.9. The molecule has 2 rings (SSSR count). The third-order valence-corrected chi connectivity index (χ3v) is 2.78. The number of benzene rings is 1. The standard InChI is InChI=1S/C14H14ClF2N3O2/c1-2-21-11-5-9(3-4-10(11)22-14(16)17)6-19-13-8-18-7-12(15)20-13/h3-5,7-8,14H,2,6H2,1H3,(H,19,20). The molecule has 1 aromatic carbocycles. The van der Waals surface area contributed by atoms with Gasteiger partial charge in [0.25, 0.3) is 0 Å². The summed E-state index contributed by atoms with van der Waals surface area (Å²) < 4.78 is 34.4. The van der Waals surface area contributed by atoms with Crippen LogP contribution in [-0.2, 0) is 6.54 Å². The number of rotatable bonds is 7. The van der Waals surface area contributed by atoms with Crippen molar-refractivity contribution in [3.05, 3.63) is 41.3 Å². The third-order valence-electron chi connectivity index (χ3n) is 2.60. The van der Waals surface area contributed by atoms with Crippen LogP contribution in [0.5, 0.6) is 11.5 Å². The lowest BCUT2D eigenvalue weighted by Crippen LogP contribution is -2.06. The van der Waals surface area contributed by atoms with E-state index in [-0.39, 0.29) is 16.7 Å². The minimum atomic E-state index is -2.90. The Morgan fingerprint density at radius 2 is 2.09 bits per heavy atom. The van der Waals surface area contributed by atoms with Gasteiger partial charge < -0.3 is 14.8 Å². The van der Waals surface area contributed by atoms with Crippen LogP contribution in [0, 0.1) is 0 Å². The second kappa shape index (κ2) is 7.74. The first kappa shape index (κ1) is 16.2. The van der Waals surface area contributed by atoms with Gasteiger partial charge in [-0.15, -0.1) is 0 Å². The summed E-state index contributed by atoms with van der Waals surface area (Å²) in [6.45, 7) is -0.385. The molecule has 0 spiro atoms. The molecular formula is C14H14ClF2N3O2. The molecule has 0 aliphatic rings. The lowest BCUT2D eigenvalue weighted by molar-refractivity contribution is -0.0514. The van der Waals surface area contributed by atoms with E-state index >= 15 is 0 Å². The van der Waals surface area contributed by atoms with Crippen molar-refractivity contribution in [3.8, 4) is 11.5 Å². The van der Waals surface area contributed by atoms with E-state index in [1.165, 1.54) is 18.5 Å². The molecule has 118 valence electrons. The molecule has 0 aliphatic carbocycles. The summed E-state index contributed by atoms with van der Waals surface area (Å²) >= 11 is 5.74. The van der Waals surface area contributed by atoms with E-state index < -0.39 is 6.61 Å². The van der Waals surface area contributed by atoms with Crippen molar-refractivity contribution in [1.82, 2.24) is 9.97 Å². The summed E-state index contributed by atoms with van der Waals surface area (Å²) in [4.78, 5) is 7.95. The molecule has 1 aromatic heterocycles. The van der Waals surface area contributed by atoms with Gasteiger partial charge in [0.05, 0.1) is 19.0 Å². The molecule has 1 heterocycles. The van der Waals surface area contributed by atoms with E-state index in [4.69, 9.17) is 16.3 Å². The number of anilines is 1. The molecule has 0 aliphatic heterocycles. The molecular weight excluding hydrogens is 316 g/mol. The number of nitrogens with zero attached hydrogens (tertiary/aromatic N) is 2. The minimum absolute atomic E-state index is 0.00291. The van der Waals surface area contributed by atoms with E-state index in [0.29, 0.717) is 19.0 Å². The normalized spacial score (nSPS) is 10.6. The number of ether oxygens (including phenoxy) is 2. The van der Waals surface area contributed by atoms with E-state index in [0.717, 1.165) is 5.56 Å². The Morgan fingerprint density at radius 3 is 2.77 bits per heavy atom. The maximum absolute atomic E-state index is 12.3. The van der Waals surface area contributed by atoms with Gasteiger partial charge in [0.1, 0.15) is 11.0 Å². The van der Waals surface area contributed by atoms with E-state index in [9.17, 15) is 8.78 Å². The van der Waals surface area contributed by atoms with Crippen LogP contribution in [0.2, 0.25) is 5.15 Å². The van der Waals surface area contributed by atoms with Gasteiger partial charge in [0, 0.05) is 6.54 Å². The lowest BCUT2D eigenvalue weighted by Gasteiger charge is -2.13. The molecule has 0 atom stereocenters. The molecule has 0 fully saturated rings. The fraction of sp³-hybridized carbons (Fsp3) is 0.286. The van der Waals surface area contributed by atoms with Crippen LogP contribution in [0.3, 0.4) is 0 Å². The molecule has 0 radical (unpaired) electrons. The van der Waals surface area contributed by atoms with Gasteiger partial charge in [-0.25, -0.2) is 4.98 Å². The molecule has 2 aromatic rings. The highest BCUT2D eigenvalue weighted by Crippen LogP contribution is 2.30. The van der Waals surface area contributed by atoms with Gasteiger partial charge in [0.15, 0.2) is 11.5 Å². The highest BCUT2D eigenvalue weighted by Gasteiger charge is 2.11. The first-order valence-electron chi connectivity index (χ1n) is 6.50. The number of aromatic nitrogens is 2. The van der Waals surface area contributed by atoms with Gasteiger partial charge in [-0.3, -0.25) is 4.98 Å². The second-order valence-corrected chi connectivity index (χ2v) is 4.56. The third kappa shape index (κ3) is 4.70. The van der Waals surface area contributed by atoms with Crippen LogP contribution < -0.4 is 14.8 Å². The van der Waals surface area contributed by atoms with Crippen molar-refractivity contribution in [3.63, 3.8) is 0 Å². The maximum atomic E-state index is 12.3. The quantitative estimate of drug-likeness (QED) is 0.838. The van der Waals surface area contributed by atoms with Crippen LogP contribution in [0.25, 0.3) is 0 Å². The van der Waals surface area contributed by atoms with Crippen molar-refractivity contribution in [2.24, 2.45) is 0 Å². The monoisotopic (exact) mass is 329 g/mol. The number of halogens is 3. The van der Waals surface area contributed by atoms with Crippen LogP contribution >= 0.6 is 11.6 Å². The van der Waals surface area contributed by atoms with E-state index in [1.54, 1.807) is 19.1 Å². The molecule has 22 heavy (non-hydrogen) atoms. The Kier molecular flexibility index (Phi) is 5.71. The van der Waals surface area contributed by atoms with Crippen LogP contribution in [-0.4, -0.2) is 23.2 Å². The first-order chi connectivity index (χ1) is 10.6. The van der Waals surface area contributed by atoms with E-state index in [1.807, 2.05) is 0 Å². The zero-order valence-corrected chi connectivity index (χ0v) is 12.5. The summed E-state index contributed by atoms with van der Waals surface area (Å²) in [7, 11) is 0. The van der Waals surface area contributed by atoms with Crippen LogP contribution in [0.4, 0.5) is 14.6 Å². The van der Waals surface area contributed by atoms with Crippen molar-refractivity contribution >= 4 is 17.4 Å². The Hall–Kier alpha value is -2.15. The lowest BCUT2D eigenvalue weighted by atomic mass is 10.2. The average Bonchev–Trinajstić information content (AvgIpc) is 2.47. The predicted molar refractivity (Wildman–Crippen MR) is 78.6 cm³/mol. The molecule has 0 saturated heterocycles. The molecule has 0 unspecified atom stereocenters. The molecule has 0 bridgehead atoms. The van der Waals surface area contributed by atoms with Crippen LogP contribution in [0.15, 0.2) is 30.6 Å². The molecule has 0 saturated carbocycles. The topological polar surface area (TPSA) is 56.3 Å². The fourth-order valence-corrected chi connectivity index (χ4v) is 1.89. The summed E-state index contributed by atoms with van der Waals surface area (Å²) in [5.41, 5.74) is 0.812. The predicted octanol–water partition coefficient (Wildman–Crippen LogP) is 3.74. The van der Waals surface area contributed by atoms with Gasteiger partial charge in [-0.2, -0.15) is 8.78 Å². The number of hydrogen-bond acceptors (Lipinski definition) is 5. The van der Waals surface area contributed by atoms with Gasteiger partial charge in [0.2, 0.25) is 0 Å². The number of hydrogen-bond donors (Lipinski definition) is 1. The largest absolute Gasteiger partial charge is 0.490 e. The van der Waals surface area contributed by atoms with Crippen molar-refractivity contribution in [1.29, 1.82) is 0 Å². The van der Waals surface area contributed by atoms with Crippen molar-refractivity contribution in [2.75, 3.05) is 11.9 Å². The Balaban J connectivity index is 2.09. The highest BCUT2D eigenvalue weighted by molar-refractivity contribution is 6.29. The fourth-order valence-electron chi connectivity index (χ4n) is 1.74. The second-order valence-electron chi connectivity index (χ2n) is 4.17. The SMILES string of the molecule is CCOc1cc(CNc2cncc(Cl)n2)ccc1OC(F)F. The highest BCUT2D eigenvalue weighted by atomic mass is 35.5.